The Balaban J connectivity index is 2.00. The molecule has 1 saturated heterocycles. The minimum atomic E-state index is 0.172. The van der Waals surface area contributed by atoms with Crippen molar-refractivity contribution in [2.75, 3.05) is 5.33 Å². The highest BCUT2D eigenvalue weighted by Gasteiger charge is 2.24. The van der Waals surface area contributed by atoms with Crippen LogP contribution in [0.15, 0.2) is 22.8 Å². The summed E-state index contributed by atoms with van der Waals surface area (Å²) in [4.78, 5) is 0. The minimum Gasteiger partial charge on any atom is -0.467 e. The summed E-state index contributed by atoms with van der Waals surface area (Å²) in [6, 6.07) is 3.90. The number of hydrogen-bond donors (Lipinski definition) is 0. The van der Waals surface area contributed by atoms with Crippen molar-refractivity contribution in [3.05, 3.63) is 24.2 Å². The molecule has 2 rings (SSSR count). The number of alkyl halides is 1. The molecule has 0 saturated carbocycles. The highest BCUT2D eigenvalue weighted by Crippen LogP contribution is 2.31. The summed E-state index contributed by atoms with van der Waals surface area (Å²) in [7, 11) is 0. The molecular weight excluding hydrogens is 232 g/mol. The van der Waals surface area contributed by atoms with Gasteiger partial charge < -0.3 is 9.15 Å². The molecule has 0 bridgehead atoms. The molecule has 1 aliphatic heterocycles. The average molecular weight is 245 g/mol. The van der Waals surface area contributed by atoms with Crippen molar-refractivity contribution >= 4 is 15.9 Å². The van der Waals surface area contributed by atoms with Gasteiger partial charge in [-0.1, -0.05) is 15.9 Å². The van der Waals surface area contributed by atoms with E-state index in [9.17, 15) is 0 Å². The molecular formula is C10H13BrO2. The van der Waals surface area contributed by atoms with E-state index < -0.39 is 0 Å². The van der Waals surface area contributed by atoms with E-state index >= 15 is 0 Å². The largest absolute Gasteiger partial charge is 0.467 e. The molecule has 0 spiro atoms. The van der Waals surface area contributed by atoms with E-state index in [1.165, 1.54) is 6.42 Å². The summed E-state index contributed by atoms with van der Waals surface area (Å²) in [6.45, 7) is 0. The van der Waals surface area contributed by atoms with E-state index in [1.54, 1.807) is 6.26 Å². The first-order chi connectivity index (χ1) is 6.40. The molecule has 0 aromatic carbocycles. The van der Waals surface area contributed by atoms with Crippen LogP contribution in [0.5, 0.6) is 0 Å². The average Bonchev–Trinajstić information content (AvgIpc) is 2.71. The van der Waals surface area contributed by atoms with Gasteiger partial charge in [0.15, 0.2) is 0 Å². The van der Waals surface area contributed by atoms with Crippen LogP contribution in [0.1, 0.15) is 31.1 Å². The Morgan fingerprint density at radius 3 is 3.08 bits per heavy atom. The second-order valence-corrected chi connectivity index (χ2v) is 3.99. The van der Waals surface area contributed by atoms with Gasteiger partial charge in [-0.3, -0.25) is 0 Å². The van der Waals surface area contributed by atoms with Gasteiger partial charge in [-0.05, 0) is 31.4 Å². The maximum Gasteiger partial charge on any atom is 0.132 e. The second kappa shape index (κ2) is 4.29. The summed E-state index contributed by atoms with van der Waals surface area (Å²) >= 11 is 3.45. The lowest BCUT2D eigenvalue weighted by Crippen LogP contribution is -2.23. The fraction of sp³-hybridized carbons (Fsp3) is 0.600. The molecule has 2 nitrogen and oxygen atoms in total. The Bertz CT molecular complexity index is 245. The van der Waals surface area contributed by atoms with Gasteiger partial charge in [-0.2, -0.15) is 0 Å². The number of hydrogen-bond acceptors (Lipinski definition) is 2. The van der Waals surface area contributed by atoms with Gasteiger partial charge in [-0.25, -0.2) is 0 Å². The van der Waals surface area contributed by atoms with Crippen LogP contribution in [0.2, 0.25) is 0 Å². The molecule has 1 aliphatic rings. The molecule has 1 fully saturated rings. The third-order valence-corrected chi connectivity index (χ3v) is 3.10. The Morgan fingerprint density at radius 2 is 2.38 bits per heavy atom. The zero-order valence-electron chi connectivity index (χ0n) is 7.41. The standard InChI is InChI=1S/C10H13BrO2/c11-7-8-3-1-4-10(13-8)9-5-2-6-12-9/h2,5-6,8,10H,1,3-4,7H2. The molecule has 1 aromatic rings. The highest BCUT2D eigenvalue weighted by atomic mass is 79.9. The van der Waals surface area contributed by atoms with Crippen molar-refractivity contribution in [1.29, 1.82) is 0 Å². The van der Waals surface area contributed by atoms with Crippen LogP contribution >= 0.6 is 15.9 Å². The molecule has 13 heavy (non-hydrogen) atoms. The number of halogens is 1. The molecule has 2 unspecified atom stereocenters. The quantitative estimate of drug-likeness (QED) is 0.746. The van der Waals surface area contributed by atoms with Crippen molar-refractivity contribution < 1.29 is 9.15 Å². The predicted octanol–water partition coefficient (Wildman–Crippen LogP) is 3.28. The van der Waals surface area contributed by atoms with Gasteiger partial charge in [0.05, 0.1) is 12.4 Å². The van der Waals surface area contributed by atoms with Gasteiger partial charge in [0.1, 0.15) is 11.9 Å². The normalized spacial score (nSPS) is 29.0. The molecule has 0 amide bonds. The van der Waals surface area contributed by atoms with E-state index in [1.807, 2.05) is 12.1 Å². The fourth-order valence-corrected chi connectivity index (χ4v) is 2.17. The van der Waals surface area contributed by atoms with E-state index in [2.05, 4.69) is 15.9 Å². The Morgan fingerprint density at radius 1 is 1.46 bits per heavy atom. The number of ether oxygens (including phenoxy) is 1. The van der Waals surface area contributed by atoms with Crippen molar-refractivity contribution in [1.82, 2.24) is 0 Å². The topological polar surface area (TPSA) is 22.4 Å². The predicted molar refractivity (Wildman–Crippen MR) is 54.0 cm³/mol. The maximum atomic E-state index is 5.84. The van der Waals surface area contributed by atoms with Gasteiger partial charge in [0.2, 0.25) is 0 Å². The third kappa shape index (κ3) is 2.15. The summed E-state index contributed by atoms with van der Waals surface area (Å²) in [5.41, 5.74) is 0. The Kier molecular flexibility index (Phi) is 3.06. The molecule has 0 radical (unpaired) electrons. The Labute approximate surface area is 86.4 Å². The first-order valence-corrected chi connectivity index (χ1v) is 5.77. The van der Waals surface area contributed by atoms with Gasteiger partial charge >= 0.3 is 0 Å². The summed E-state index contributed by atoms with van der Waals surface area (Å²) in [5.74, 6) is 0.964. The lowest BCUT2D eigenvalue weighted by Gasteiger charge is -2.27. The first-order valence-electron chi connectivity index (χ1n) is 4.65. The van der Waals surface area contributed by atoms with Crippen LogP contribution < -0.4 is 0 Å². The summed E-state index contributed by atoms with van der Waals surface area (Å²) in [5, 5.41) is 0.921. The SMILES string of the molecule is BrCC1CCCC(c2ccco2)O1. The summed E-state index contributed by atoms with van der Waals surface area (Å²) in [6.07, 6.45) is 5.69. The monoisotopic (exact) mass is 244 g/mol. The van der Waals surface area contributed by atoms with Gasteiger partial charge in [-0.15, -0.1) is 0 Å². The Hall–Kier alpha value is -0.280. The molecule has 0 aliphatic carbocycles. The number of rotatable bonds is 2. The maximum absolute atomic E-state index is 5.84. The molecule has 2 heterocycles. The van der Waals surface area contributed by atoms with Crippen molar-refractivity contribution in [3.8, 4) is 0 Å². The van der Waals surface area contributed by atoms with Crippen LogP contribution in [0.4, 0.5) is 0 Å². The molecule has 1 aromatic heterocycles. The van der Waals surface area contributed by atoms with E-state index in [0.29, 0.717) is 6.10 Å². The number of furan rings is 1. The van der Waals surface area contributed by atoms with E-state index in [4.69, 9.17) is 9.15 Å². The van der Waals surface area contributed by atoms with Crippen LogP contribution in [0.3, 0.4) is 0 Å². The van der Waals surface area contributed by atoms with Crippen molar-refractivity contribution in [2.45, 2.75) is 31.5 Å². The van der Waals surface area contributed by atoms with Crippen molar-refractivity contribution in [3.63, 3.8) is 0 Å². The highest BCUT2D eigenvalue weighted by molar-refractivity contribution is 9.09. The molecule has 2 atom stereocenters. The van der Waals surface area contributed by atoms with Gasteiger partial charge in [0.25, 0.3) is 0 Å². The smallest absolute Gasteiger partial charge is 0.132 e. The molecule has 3 heteroatoms. The third-order valence-electron chi connectivity index (χ3n) is 2.38. The second-order valence-electron chi connectivity index (χ2n) is 3.35. The first kappa shape index (κ1) is 9.28. The van der Waals surface area contributed by atoms with Gasteiger partial charge in [0, 0.05) is 5.33 Å². The fourth-order valence-electron chi connectivity index (χ4n) is 1.70. The zero-order valence-corrected chi connectivity index (χ0v) is 9.00. The molecule has 0 N–H and O–H groups in total. The lowest BCUT2D eigenvalue weighted by molar-refractivity contribution is -0.0484. The van der Waals surface area contributed by atoms with E-state index in [0.717, 1.165) is 23.9 Å². The lowest BCUT2D eigenvalue weighted by atomic mass is 10.0. The summed E-state index contributed by atoms with van der Waals surface area (Å²) < 4.78 is 11.2. The van der Waals surface area contributed by atoms with E-state index in [-0.39, 0.29) is 6.10 Å². The van der Waals surface area contributed by atoms with Crippen molar-refractivity contribution in [2.24, 2.45) is 0 Å². The zero-order chi connectivity index (χ0) is 9.10. The van der Waals surface area contributed by atoms with Crippen LogP contribution in [-0.2, 0) is 4.74 Å². The molecule has 72 valence electrons. The minimum absolute atomic E-state index is 0.172. The van der Waals surface area contributed by atoms with Crippen LogP contribution in [0, 0.1) is 0 Å². The van der Waals surface area contributed by atoms with Crippen LogP contribution in [-0.4, -0.2) is 11.4 Å². The van der Waals surface area contributed by atoms with Crippen LogP contribution in [0.25, 0.3) is 0 Å².